The van der Waals surface area contributed by atoms with Gasteiger partial charge in [0.1, 0.15) is 5.75 Å². The van der Waals surface area contributed by atoms with Crippen LogP contribution in [0.4, 0.5) is 0 Å². The first kappa shape index (κ1) is 26.3. The SMILES string of the molecule is Cc1ccc(Oc2nc3cc(-c4ccc5c(ccn5C)c4)c(Cl)cc3[nH]2)cc1C(=O)NCCOCCC(=O)O. The van der Waals surface area contributed by atoms with Crippen LogP contribution in [-0.4, -0.2) is 51.3 Å². The molecule has 0 aliphatic rings. The van der Waals surface area contributed by atoms with Crippen LogP contribution in [0.3, 0.4) is 0 Å². The molecule has 1 amide bonds. The summed E-state index contributed by atoms with van der Waals surface area (Å²) in [7, 11) is 2.01. The predicted molar refractivity (Wildman–Crippen MR) is 150 cm³/mol. The molecule has 39 heavy (non-hydrogen) atoms. The average molecular weight is 547 g/mol. The van der Waals surface area contributed by atoms with Gasteiger partial charge in [0.2, 0.25) is 0 Å². The minimum Gasteiger partial charge on any atom is -0.481 e. The number of carboxylic acid groups (broad SMARTS) is 1. The van der Waals surface area contributed by atoms with Crippen molar-refractivity contribution in [1.82, 2.24) is 19.9 Å². The third-order valence-corrected chi connectivity index (χ3v) is 6.72. The van der Waals surface area contributed by atoms with Gasteiger partial charge in [-0.25, -0.2) is 0 Å². The monoisotopic (exact) mass is 546 g/mol. The van der Waals surface area contributed by atoms with Gasteiger partial charge in [0.15, 0.2) is 0 Å². The maximum Gasteiger partial charge on any atom is 0.305 e. The van der Waals surface area contributed by atoms with Gasteiger partial charge in [-0.2, -0.15) is 4.98 Å². The number of aliphatic carboxylic acids is 1. The Morgan fingerprint density at radius 3 is 2.77 bits per heavy atom. The summed E-state index contributed by atoms with van der Waals surface area (Å²) in [6, 6.07) is 17.5. The highest BCUT2D eigenvalue weighted by Crippen LogP contribution is 2.34. The van der Waals surface area contributed by atoms with E-state index in [4.69, 9.17) is 26.2 Å². The minimum absolute atomic E-state index is 0.0782. The number of aromatic nitrogens is 3. The summed E-state index contributed by atoms with van der Waals surface area (Å²) < 4.78 is 13.2. The highest BCUT2D eigenvalue weighted by Gasteiger charge is 2.14. The molecule has 0 saturated heterocycles. The first-order valence-electron chi connectivity index (χ1n) is 12.4. The molecule has 0 saturated carbocycles. The summed E-state index contributed by atoms with van der Waals surface area (Å²) in [6.45, 7) is 2.41. The fraction of sp³-hybridized carbons (Fsp3) is 0.207. The van der Waals surface area contributed by atoms with Gasteiger partial charge in [-0.1, -0.05) is 23.7 Å². The number of carbonyl (C=O) groups excluding carboxylic acids is 1. The lowest BCUT2D eigenvalue weighted by atomic mass is 10.0. The lowest BCUT2D eigenvalue weighted by Crippen LogP contribution is -2.28. The third kappa shape index (κ3) is 5.89. The van der Waals surface area contributed by atoms with Crippen LogP contribution in [0.1, 0.15) is 22.3 Å². The van der Waals surface area contributed by atoms with Crippen molar-refractivity contribution in [2.45, 2.75) is 13.3 Å². The number of aromatic amines is 1. The number of nitrogens with zero attached hydrogens (tertiary/aromatic N) is 2. The third-order valence-electron chi connectivity index (χ3n) is 6.41. The Hall–Kier alpha value is -4.34. The van der Waals surface area contributed by atoms with Crippen LogP contribution in [-0.2, 0) is 16.6 Å². The number of benzene rings is 3. The van der Waals surface area contributed by atoms with Crippen molar-refractivity contribution in [3.63, 3.8) is 0 Å². The molecule has 3 N–H and O–H groups in total. The Balaban J connectivity index is 1.30. The van der Waals surface area contributed by atoms with Crippen molar-refractivity contribution in [2.75, 3.05) is 19.8 Å². The topological polar surface area (TPSA) is 118 Å². The summed E-state index contributed by atoms with van der Waals surface area (Å²) in [5.41, 5.74) is 5.67. The predicted octanol–water partition coefficient (Wildman–Crippen LogP) is 5.70. The number of rotatable bonds is 10. The molecule has 10 heteroatoms. The number of halogens is 1. The van der Waals surface area contributed by atoms with Gasteiger partial charge in [0.25, 0.3) is 11.9 Å². The van der Waals surface area contributed by atoms with Crippen LogP contribution in [0.5, 0.6) is 11.8 Å². The number of nitrogens with one attached hydrogen (secondary N) is 2. The van der Waals surface area contributed by atoms with Crippen LogP contribution in [0.2, 0.25) is 5.02 Å². The number of imidazole rings is 1. The highest BCUT2D eigenvalue weighted by molar-refractivity contribution is 6.34. The molecule has 2 heterocycles. The van der Waals surface area contributed by atoms with Crippen LogP contribution >= 0.6 is 11.6 Å². The van der Waals surface area contributed by atoms with E-state index in [1.165, 1.54) is 0 Å². The number of hydrogen-bond acceptors (Lipinski definition) is 5. The summed E-state index contributed by atoms with van der Waals surface area (Å²) in [5.74, 6) is -0.760. The molecular weight excluding hydrogens is 520 g/mol. The molecule has 5 aromatic rings. The van der Waals surface area contributed by atoms with Gasteiger partial charge >= 0.3 is 5.97 Å². The zero-order valence-corrected chi connectivity index (χ0v) is 22.2. The molecule has 0 fully saturated rings. The van der Waals surface area contributed by atoms with Crippen molar-refractivity contribution in [3.05, 3.63) is 76.9 Å². The van der Waals surface area contributed by atoms with Crippen molar-refractivity contribution < 1.29 is 24.2 Å². The Morgan fingerprint density at radius 1 is 1.10 bits per heavy atom. The number of amides is 1. The fourth-order valence-electron chi connectivity index (χ4n) is 4.34. The van der Waals surface area contributed by atoms with Crippen LogP contribution in [0.15, 0.2) is 60.8 Å². The average Bonchev–Trinajstić information content (AvgIpc) is 3.48. The lowest BCUT2D eigenvalue weighted by Gasteiger charge is -2.10. The number of fused-ring (bicyclic) bond motifs is 2. The molecule has 0 aliphatic carbocycles. The van der Waals surface area contributed by atoms with Gasteiger partial charge in [0, 0.05) is 41.8 Å². The van der Waals surface area contributed by atoms with Crippen LogP contribution in [0, 0.1) is 6.92 Å². The van der Waals surface area contributed by atoms with Gasteiger partial charge in [0.05, 0.1) is 35.7 Å². The fourth-order valence-corrected chi connectivity index (χ4v) is 4.61. The molecule has 2 aromatic heterocycles. The molecule has 0 spiro atoms. The zero-order chi connectivity index (χ0) is 27.5. The van der Waals surface area contributed by atoms with Crippen molar-refractivity contribution in [2.24, 2.45) is 7.05 Å². The van der Waals surface area contributed by atoms with E-state index in [-0.39, 0.29) is 38.1 Å². The van der Waals surface area contributed by atoms with Crippen molar-refractivity contribution >= 4 is 45.4 Å². The number of ether oxygens (including phenoxy) is 2. The normalized spacial score (nSPS) is 11.3. The van der Waals surface area contributed by atoms with E-state index in [0.29, 0.717) is 21.9 Å². The van der Waals surface area contributed by atoms with E-state index in [2.05, 4.69) is 38.1 Å². The van der Waals surface area contributed by atoms with Crippen molar-refractivity contribution in [1.29, 1.82) is 0 Å². The molecule has 0 radical (unpaired) electrons. The first-order valence-corrected chi connectivity index (χ1v) is 12.8. The number of hydrogen-bond donors (Lipinski definition) is 3. The molecule has 5 rings (SSSR count). The molecule has 200 valence electrons. The van der Waals surface area contributed by atoms with E-state index in [1.807, 2.05) is 38.4 Å². The van der Waals surface area contributed by atoms with Crippen molar-refractivity contribution in [3.8, 4) is 22.9 Å². The Bertz CT molecular complexity index is 1690. The van der Waals surface area contributed by atoms with Gasteiger partial charge < -0.3 is 29.4 Å². The van der Waals surface area contributed by atoms with E-state index in [0.717, 1.165) is 33.1 Å². The number of carbonyl (C=O) groups is 2. The molecule has 0 aliphatic heterocycles. The van der Waals surface area contributed by atoms with Gasteiger partial charge in [-0.3, -0.25) is 9.59 Å². The molecular formula is C29H27ClN4O5. The van der Waals surface area contributed by atoms with Gasteiger partial charge in [-0.05, 0) is 60.5 Å². The molecule has 0 unspecified atom stereocenters. The smallest absolute Gasteiger partial charge is 0.305 e. The molecule has 3 aromatic carbocycles. The van der Waals surface area contributed by atoms with Crippen LogP contribution < -0.4 is 10.1 Å². The number of carboxylic acids is 1. The second-order valence-corrected chi connectivity index (χ2v) is 9.59. The summed E-state index contributed by atoms with van der Waals surface area (Å²) in [6.07, 6.45) is 1.95. The van der Waals surface area contributed by atoms with E-state index < -0.39 is 5.97 Å². The van der Waals surface area contributed by atoms with Crippen LogP contribution in [0.25, 0.3) is 33.1 Å². The lowest BCUT2D eigenvalue weighted by molar-refractivity contribution is -0.138. The Kier molecular flexibility index (Phi) is 7.53. The van der Waals surface area contributed by atoms with E-state index in [1.54, 1.807) is 18.2 Å². The number of aryl methyl sites for hydroxylation is 2. The standard InChI is InChI=1S/C29H27ClN4O5/c1-17-3-5-20(14-21(17)28(37)31-9-12-38-11-8-27(35)36)39-29-32-24-15-22(23(30)16-25(24)33-29)18-4-6-26-19(13-18)7-10-34(26)2/h3-7,10,13-16H,8-9,11-12H2,1-2H3,(H,31,37)(H,32,33)(H,35,36). The summed E-state index contributed by atoms with van der Waals surface area (Å²) in [5, 5.41) is 13.1. The Labute approximate surface area is 229 Å². The zero-order valence-electron chi connectivity index (χ0n) is 21.5. The maximum atomic E-state index is 12.7. The molecule has 0 atom stereocenters. The van der Waals surface area contributed by atoms with E-state index >= 15 is 0 Å². The summed E-state index contributed by atoms with van der Waals surface area (Å²) in [4.78, 5) is 31.0. The van der Waals surface area contributed by atoms with E-state index in [9.17, 15) is 9.59 Å². The van der Waals surface area contributed by atoms with Gasteiger partial charge in [-0.15, -0.1) is 0 Å². The highest BCUT2D eigenvalue weighted by atomic mass is 35.5. The minimum atomic E-state index is -0.926. The Morgan fingerprint density at radius 2 is 1.95 bits per heavy atom. The second kappa shape index (κ2) is 11.2. The first-order chi connectivity index (χ1) is 18.8. The quantitative estimate of drug-likeness (QED) is 0.193. The molecule has 0 bridgehead atoms. The summed E-state index contributed by atoms with van der Waals surface area (Å²) >= 11 is 6.65. The molecule has 9 nitrogen and oxygen atoms in total. The second-order valence-electron chi connectivity index (χ2n) is 9.18. The largest absolute Gasteiger partial charge is 0.481 e. The maximum absolute atomic E-state index is 12.7. The number of H-pyrrole nitrogens is 1.